The first-order chi connectivity index (χ1) is 12.1. The Morgan fingerprint density at radius 1 is 0.880 bits per heavy atom. The number of rotatable bonds is 6. The number of quaternary nitrogens is 1. The van der Waals surface area contributed by atoms with Gasteiger partial charge in [-0.25, -0.2) is 0 Å². The van der Waals surface area contributed by atoms with E-state index < -0.39 is 7.29 Å². The Labute approximate surface area is 149 Å². The SMILES string of the molecule is C[NH+](C)CCNP1(=O)C=C(c2ccccc2)OC(c2ccccc2)=C1. The highest BCUT2D eigenvalue weighted by Crippen LogP contribution is 2.53. The lowest BCUT2D eigenvalue weighted by atomic mass is 10.2. The van der Waals surface area contributed by atoms with Gasteiger partial charge < -0.3 is 9.64 Å². The van der Waals surface area contributed by atoms with E-state index in [-0.39, 0.29) is 0 Å². The maximum atomic E-state index is 13.4. The zero-order valence-electron chi connectivity index (χ0n) is 14.6. The molecule has 0 fully saturated rings. The summed E-state index contributed by atoms with van der Waals surface area (Å²) < 4.78 is 19.5. The van der Waals surface area contributed by atoms with Gasteiger partial charge in [0.2, 0.25) is 0 Å². The highest BCUT2D eigenvalue weighted by atomic mass is 31.2. The van der Waals surface area contributed by atoms with Gasteiger partial charge in [-0.2, -0.15) is 0 Å². The lowest BCUT2D eigenvalue weighted by molar-refractivity contribution is -0.856. The second-order valence-corrected chi connectivity index (χ2v) is 8.65. The van der Waals surface area contributed by atoms with E-state index in [1.54, 1.807) is 11.6 Å². The molecule has 0 atom stereocenters. The average molecular weight is 355 g/mol. The molecule has 130 valence electrons. The number of ether oxygens (including phenoxy) is 1. The minimum absolute atomic E-state index is 0.634. The molecule has 0 unspecified atom stereocenters. The molecule has 0 bridgehead atoms. The van der Waals surface area contributed by atoms with Crippen LogP contribution >= 0.6 is 7.29 Å². The molecule has 5 heteroatoms. The van der Waals surface area contributed by atoms with Gasteiger partial charge in [0.05, 0.1) is 27.2 Å². The highest BCUT2D eigenvalue weighted by molar-refractivity contribution is 7.68. The van der Waals surface area contributed by atoms with Gasteiger partial charge in [0, 0.05) is 22.8 Å². The summed E-state index contributed by atoms with van der Waals surface area (Å²) in [5.41, 5.74) is 1.84. The minimum atomic E-state index is -2.83. The van der Waals surface area contributed by atoms with Crippen LogP contribution < -0.4 is 9.99 Å². The van der Waals surface area contributed by atoms with Gasteiger partial charge in [0.25, 0.3) is 0 Å². The van der Waals surface area contributed by atoms with Gasteiger partial charge >= 0.3 is 0 Å². The monoisotopic (exact) mass is 355 g/mol. The summed E-state index contributed by atoms with van der Waals surface area (Å²) >= 11 is 0. The van der Waals surface area contributed by atoms with Crippen LogP contribution in [0.15, 0.2) is 72.3 Å². The molecule has 0 saturated heterocycles. The van der Waals surface area contributed by atoms with Crippen LogP contribution in [0, 0.1) is 0 Å². The van der Waals surface area contributed by atoms with Gasteiger partial charge in [-0.3, -0.25) is 9.65 Å². The third kappa shape index (κ3) is 4.70. The number of nitrogens with one attached hydrogen (secondary N) is 2. The molecule has 1 heterocycles. The van der Waals surface area contributed by atoms with Crippen molar-refractivity contribution in [2.45, 2.75) is 0 Å². The molecule has 0 amide bonds. The second kappa shape index (κ2) is 7.83. The Morgan fingerprint density at radius 3 is 1.80 bits per heavy atom. The molecule has 2 aromatic rings. The van der Waals surface area contributed by atoms with Crippen LogP contribution in [-0.2, 0) is 9.30 Å². The number of likely N-dealkylation sites (N-methyl/N-ethyl adjacent to an activating group) is 1. The van der Waals surface area contributed by atoms with E-state index in [2.05, 4.69) is 19.2 Å². The smallest absolute Gasteiger partial charge is 0.198 e. The van der Waals surface area contributed by atoms with E-state index in [0.29, 0.717) is 18.1 Å². The van der Waals surface area contributed by atoms with Crippen LogP contribution in [-0.4, -0.2) is 27.2 Å². The zero-order chi connectivity index (χ0) is 17.7. The van der Waals surface area contributed by atoms with Crippen molar-refractivity contribution < 1.29 is 14.2 Å². The molecule has 0 spiro atoms. The molecule has 0 radical (unpaired) electrons. The minimum Gasteiger partial charge on any atom is -0.456 e. The standard InChI is InChI=1S/C20H23N2O2P/c1-22(2)14-13-21-25(23)15-19(17-9-5-3-6-10-17)24-20(16-25)18-11-7-4-8-12-18/h3-12,15-16H,13-14H2,1-2H3,(H,21,23)/p+1. The Balaban J connectivity index is 1.94. The Morgan fingerprint density at radius 2 is 1.36 bits per heavy atom. The lowest BCUT2D eigenvalue weighted by Gasteiger charge is -2.23. The van der Waals surface area contributed by atoms with E-state index in [1.807, 2.05) is 60.7 Å². The number of hydrogen-bond acceptors (Lipinski definition) is 2. The van der Waals surface area contributed by atoms with Crippen molar-refractivity contribution in [2.75, 3.05) is 27.2 Å². The third-order valence-electron chi connectivity index (χ3n) is 3.94. The fourth-order valence-corrected chi connectivity index (χ4v) is 4.42. The van der Waals surface area contributed by atoms with Gasteiger partial charge in [0.1, 0.15) is 11.5 Å². The molecule has 1 aliphatic heterocycles. The van der Waals surface area contributed by atoms with Crippen molar-refractivity contribution in [1.82, 2.24) is 5.09 Å². The van der Waals surface area contributed by atoms with Crippen molar-refractivity contribution in [3.05, 3.63) is 83.4 Å². The largest absolute Gasteiger partial charge is 0.456 e. The molecule has 25 heavy (non-hydrogen) atoms. The second-order valence-electron chi connectivity index (χ2n) is 6.40. The predicted molar refractivity (Wildman–Crippen MR) is 103 cm³/mol. The molecule has 4 nitrogen and oxygen atoms in total. The van der Waals surface area contributed by atoms with Crippen molar-refractivity contribution in [2.24, 2.45) is 0 Å². The van der Waals surface area contributed by atoms with Crippen LogP contribution in [0.1, 0.15) is 11.1 Å². The van der Waals surface area contributed by atoms with Crippen molar-refractivity contribution in [3.63, 3.8) is 0 Å². The first-order valence-electron chi connectivity index (χ1n) is 8.44. The van der Waals surface area contributed by atoms with Crippen LogP contribution in [0.5, 0.6) is 0 Å². The molecule has 0 aliphatic carbocycles. The fourth-order valence-electron chi connectivity index (χ4n) is 2.60. The van der Waals surface area contributed by atoms with Gasteiger partial charge in [0.15, 0.2) is 7.29 Å². The molecule has 2 aromatic carbocycles. The molecular formula is C20H24N2O2P+. The summed E-state index contributed by atoms with van der Waals surface area (Å²) in [5.74, 6) is 4.74. The van der Waals surface area contributed by atoms with E-state index in [4.69, 9.17) is 4.74 Å². The van der Waals surface area contributed by atoms with Crippen LogP contribution in [0.2, 0.25) is 0 Å². The van der Waals surface area contributed by atoms with E-state index in [9.17, 15) is 4.57 Å². The quantitative estimate of drug-likeness (QED) is 0.783. The molecular weight excluding hydrogens is 331 g/mol. The van der Waals surface area contributed by atoms with Crippen molar-refractivity contribution in [3.8, 4) is 0 Å². The number of hydrogen-bond donors (Lipinski definition) is 2. The van der Waals surface area contributed by atoms with Crippen LogP contribution in [0.3, 0.4) is 0 Å². The molecule has 0 aromatic heterocycles. The molecule has 3 rings (SSSR count). The molecule has 2 N–H and O–H groups in total. The van der Waals surface area contributed by atoms with E-state index in [1.165, 1.54) is 4.90 Å². The lowest BCUT2D eigenvalue weighted by Crippen LogP contribution is -3.06. The summed E-state index contributed by atoms with van der Waals surface area (Å²) in [7, 11) is 1.34. The van der Waals surface area contributed by atoms with Gasteiger partial charge in [-0.15, -0.1) is 0 Å². The first-order valence-corrected chi connectivity index (χ1v) is 10.3. The van der Waals surface area contributed by atoms with Crippen molar-refractivity contribution >= 4 is 18.8 Å². The third-order valence-corrected chi connectivity index (χ3v) is 5.89. The van der Waals surface area contributed by atoms with Crippen LogP contribution in [0.25, 0.3) is 11.5 Å². The normalized spacial score (nSPS) is 16.1. The molecule has 0 saturated carbocycles. The predicted octanol–water partition coefficient (Wildman–Crippen LogP) is 3.03. The van der Waals surface area contributed by atoms with Gasteiger partial charge in [-0.1, -0.05) is 60.7 Å². The van der Waals surface area contributed by atoms with Crippen LogP contribution in [0.4, 0.5) is 0 Å². The summed E-state index contributed by atoms with van der Waals surface area (Å²) in [6.07, 6.45) is 0. The summed E-state index contributed by atoms with van der Waals surface area (Å²) in [5, 5.41) is 3.23. The van der Waals surface area contributed by atoms with E-state index >= 15 is 0 Å². The summed E-state index contributed by atoms with van der Waals surface area (Å²) in [6, 6.07) is 19.6. The topological polar surface area (TPSA) is 42.8 Å². The first kappa shape index (κ1) is 17.7. The van der Waals surface area contributed by atoms with E-state index in [0.717, 1.165) is 17.7 Å². The van der Waals surface area contributed by atoms with Gasteiger partial charge in [-0.05, 0) is 0 Å². The molecule has 1 aliphatic rings. The maximum absolute atomic E-state index is 13.4. The number of benzene rings is 2. The fraction of sp³-hybridized carbons (Fsp3) is 0.200. The maximum Gasteiger partial charge on any atom is 0.198 e. The highest BCUT2D eigenvalue weighted by Gasteiger charge is 2.26. The summed E-state index contributed by atoms with van der Waals surface area (Å²) in [4.78, 5) is 1.31. The zero-order valence-corrected chi connectivity index (χ0v) is 15.5. The Bertz CT molecular complexity index is 755. The average Bonchev–Trinajstić information content (AvgIpc) is 2.62. The summed E-state index contributed by atoms with van der Waals surface area (Å²) in [6.45, 7) is 1.57. The van der Waals surface area contributed by atoms with Crippen molar-refractivity contribution in [1.29, 1.82) is 0 Å². The Hall–Kier alpha value is -2.13. The Kier molecular flexibility index (Phi) is 5.54.